The van der Waals surface area contributed by atoms with Crippen LogP contribution < -0.4 is 5.32 Å². The van der Waals surface area contributed by atoms with Crippen molar-refractivity contribution in [3.05, 3.63) is 34.3 Å². The third-order valence-corrected chi connectivity index (χ3v) is 3.75. The predicted molar refractivity (Wildman–Crippen MR) is 69.6 cm³/mol. The summed E-state index contributed by atoms with van der Waals surface area (Å²) in [6, 6.07) is 9.35. The second-order valence-corrected chi connectivity index (χ2v) is 5.59. The Kier molecular flexibility index (Phi) is 4.00. The lowest BCUT2D eigenvalue weighted by atomic mass is 9.75. The molecule has 0 spiro atoms. The van der Waals surface area contributed by atoms with Gasteiger partial charge in [-0.2, -0.15) is 0 Å². The molecule has 1 aliphatic carbocycles. The average molecular weight is 284 g/mol. The fourth-order valence-electron chi connectivity index (χ4n) is 2.24. The van der Waals surface area contributed by atoms with Crippen molar-refractivity contribution in [3.63, 3.8) is 0 Å². The van der Waals surface area contributed by atoms with Crippen molar-refractivity contribution in [1.82, 2.24) is 5.32 Å². The fourth-order valence-corrected chi connectivity index (χ4v) is 2.66. The Hall–Kier alpha value is -0.380. The van der Waals surface area contributed by atoms with E-state index in [2.05, 4.69) is 45.5 Å². The van der Waals surface area contributed by atoms with Gasteiger partial charge in [0.05, 0.1) is 6.61 Å². The highest BCUT2D eigenvalue weighted by molar-refractivity contribution is 9.10. The minimum absolute atomic E-state index is 0.216. The minimum Gasteiger partial charge on any atom is -0.395 e. The van der Waals surface area contributed by atoms with Gasteiger partial charge >= 0.3 is 0 Å². The summed E-state index contributed by atoms with van der Waals surface area (Å²) in [5, 5.41) is 12.4. The number of benzene rings is 1. The zero-order chi connectivity index (χ0) is 11.5. The Balaban J connectivity index is 1.84. The van der Waals surface area contributed by atoms with Gasteiger partial charge in [-0.3, -0.25) is 0 Å². The Morgan fingerprint density at radius 3 is 2.88 bits per heavy atom. The molecule has 0 radical (unpaired) electrons. The summed E-state index contributed by atoms with van der Waals surface area (Å²) >= 11 is 3.50. The van der Waals surface area contributed by atoms with Gasteiger partial charge in [0.15, 0.2) is 0 Å². The number of hydrogen-bond donors (Lipinski definition) is 2. The molecular weight excluding hydrogens is 266 g/mol. The first-order valence-electron chi connectivity index (χ1n) is 5.81. The highest BCUT2D eigenvalue weighted by Gasteiger charge is 2.30. The molecule has 0 aromatic heterocycles. The van der Waals surface area contributed by atoms with E-state index in [-0.39, 0.29) is 12.6 Å². The predicted octanol–water partition coefficient (Wildman–Crippen LogP) is 2.67. The van der Waals surface area contributed by atoms with E-state index in [1.165, 1.54) is 18.4 Å². The first kappa shape index (κ1) is 12.1. The van der Waals surface area contributed by atoms with Crippen molar-refractivity contribution >= 4 is 15.9 Å². The number of halogens is 1. The third kappa shape index (κ3) is 2.84. The minimum atomic E-state index is 0.216. The summed E-state index contributed by atoms with van der Waals surface area (Å²) in [7, 11) is 0. The normalized spacial score (nSPS) is 26.2. The van der Waals surface area contributed by atoms with Crippen molar-refractivity contribution < 1.29 is 5.11 Å². The molecule has 0 amide bonds. The molecule has 0 aliphatic heterocycles. The zero-order valence-corrected chi connectivity index (χ0v) is 11.1. The Bertz CT molecular complexity index is 350. The molecule has 2 N–H and O–H groups in total. The molecule has 0 bridgehead atoms. The van der Waals surface area contributed by atoms with Crippen molar-refractivity contribution in [2.45, 2.75) is 37.8 Å². The van der Waals surface area contributed by atoms with Gasteiger partial charge in [-0.15, -0.1) is 0 Å². The summed E-state index contributed by atoms with van der Waals surface area (Å²) in [4.78, 5) is 0. The number of aliphatic hydroxyl groups is 1. The second-order valence-electron chi connectivity index (χ2n) is 4.67. The molecule has 2 rings (SSSR count). The lowest BCUT2D eigenvalue weighted by Crippen LogP contribution is -2.45. The van der Waals surface area contributed by atoms with Crippen LogP contribution in [0, 0.1) is 0 Å². The maximum absolute atomic E-state index is 8.95. The van der Waals surface area contributed by atoms with E-state index in [9.17, 15) is 0 Å². The largest absolute Gasteiger partial charge is 0.395 e. The number of nitrogens with one attached hydrogen (secondary N) is 1. The zero-order valence-electron chi connectivity index (χ0n) is 9.49. The summed E-state index contributed by atoms with van der Waals surface area (Å²) in [6.45, 7) is 2.24. The van der Waals surface area contributed by atoms with E-state index in [0.29, 0.717) is 12.0 Å². The van der Waals surface area contributed by atoms with Crippen molar-refractivity contribution in [2.75, 3.05) is 6.61 Å². The molecule has 2 nitrogen and oxygen atoms in total. The van der Waals surface area contributed by atoms with E-state index in [1.807, 2.05) is 6.92 Å². The van der Waals surface area contributed by atoms with Gasteiger partial charge in [0.2, 0.25) is 0 Å². The van der Waals surface area contributed by atoms with Gasteiger partial charge in [-0.1, -0.05) is 28.1 Å². The molecule has 1 atom stereocenters. The fraction of sp³-hybridized carbons (Fsp3) is 0.538. The highest BCUT2D eigenvalue weighted by atomic mass is 79.9. The molecule has 1 saturated carbocycles. The van der Waals surface area contributed by atoms with E-state index in [0.717, 1.165) is 4.47 Å². The van der Waals surface area contributed by atoms with E-state index < -0.39 is 0 Å². The molecule has 0 saturated heterocycles. The lowest BCUT2D eigenvalue weighted by Gasteiger charge is -2.38. The molecule has 16 heavy (non-hydrogen) atoms. The number of rotatable bonds is 4. The van der Waals surface area contributed by atoms with Crippen LogP contribution in [-0.2, 0) is 0 Å². The van der Waals surface area contributed by atoms with Crippen LogP contribution in [0.2, 0.25) is 0 Å². The quantitative estimate of drug-likeness (QED) is 0.891. The molecule has 3 heteroatoms. The molecule has 1 fully saturated rings. The topological polar surface area (TPSA) is 32.3 Å². The maximum Gasteiger partial charge on any atom is 0.0582 e. The smallest absolute Gasteiger partial charge is 0.0582 e. The molecule has 0 unspecified atom stereocenters. The second kappa shape index (κ2) is 5.30. The first-order valence-corrected chi connectivity index (χ1v) is 6.60. The van der Waals surface area contributed by atoms with Gasteiger partial charge in [0, 0.05) is 16.6 Å². The van der Waals surface area contributed by atoms with E-state index >= 15 is 0 Å². The van der Waals surface area contributed by atoms with Crippen LogP contribution in [-0.4, -0.2) is 23.8 Å². The van der Waals surface area contributed by atoms with Crippen LogP contribution in [0.15, 0.2) is 28.7 Å². The van der Waals surface area contributed by atoms with E-state index in [1.54, 1.807) is 0 Å². The van der Waals surface area contributed by atoms with Crippen molar-refractivity contribution in [1.29, 1.82) is 0 Å². The van der Waals surface area contributed by atoms with Crippen LogP contribution in [0.1, 0.15) is 31.2 Å². The molecule has 1 aromatic carbocycles. The number of hydrogen-bond acceptors (Lipinski definition) is 2. The Morgan fingerprint density at radius 2 is 2.25 bits per heavy atom. The van der Waals surface area contributed by atoms with Crippen LogP contribution in [0.25, 0.3) is 0 Å². The van der Waals surface area contributed by atoms with Crippen molar-refractivity contribution in [3.8, 4) is 0 Å². The third-order valence-electron chi connectivity index (χ3n) is 3.25. The summed E-state index contributed by atoms with van der Waals surface area (Å²) in [5.74, 6) is 0.681. The van der Waals surface area contributed by atoms with E-state index in [4.69, 9.17) is 5.11 Å². The molecular formula is C13H18BrNO. The molecule has 0 heterocycles. The summed E-state index contributed by atoms with van der Waals surface area (Å²) in [5.41, 5.74) is 1.42. The summed E-state index contributed by atoms with van der Waals surface area (Å²) < 4.78 is 1.16. The average Bonchev–Trinajstić information content (AvgIpc) is 2.22. The molecule has 1 aromatic rings. The maximum atomic E-state index is 8.95. The first-order chi connectivity index (χ1) is 7.69. The molecule has 88 valence electrons. The van der Waals surface area contributed by atoms with Gasteiger partial charge < -0.3 is 10.4 Å². The standard InChI is InChI=1S/C13H18BrNO/c1-9(8-16)15-13-6-11(7-13)10-3-2-4-12(14)5-10/h2-5,9,11,13,15-16H,6-8H2,1H3/t9-,11?,13?/m1/s1. The van der Waals surface area contributed by atoms with Crippen LogP contribution in [0.3, 0.4) is 0 Å². The van der Waals surface area contributed by atoms with Gasteiger partial charge in [-0.05, 0) is 43.4 Å². The van der Waals surface area contributed by atoms with Crippen molar-refractivity contribution in [2.24, 2.45) is 0 Å². The summed E-state index contributed by atoms with van der Waals surface area (Å²) in [6.07, 6.45) is 2.36. The van der Waals surface area contributed by atoms with Gasteiger partial charge in [0.1, 0.15) is 0 Å². The highest BCUT2D eigenvalue weighted by Crippen LogP contribution is 2.37. The SMILES string of the molecule is C[C@H](CO)NC1CC(c2cccc(Br)c2)C1. The number of aliphatic hydroxyl groups excluding tert-OH is 1. The van der Waals surface area contributed by atoms with Gasteiger partial charge in [-0.25, -0.2) is 0 Å². The van der Waals surface area contributed by atoms with Gasteiger partial charge in [0.25, 0.3) is 0 Å². The Morgan fingerprint density at radius 1 is 1.50 bits per heavy atom. The Labute approximate surface area is 105 Å². The monoisotopic (exact) mass is 283 g/mol. The van der Waals surface area contributed by atoms with Crippen LogP contribution in [0.5, 0.6) is 0 Å². The van der Waals surface area contributed by atoms with Crippen LogP contribution >= 0.6 is 15.9 Å². The van der Waals surface area contributed by atoms with Crippen LogP contribution in [0.4, 0.5) is 0 Å². The lowest BCUT2D eigenvalue weighted by molar-refractivity contribution is 0.204. The molecule has 1 aliphatic rings.